The van der Waals surface area contributed by atoms with Crippen LogP contribution in [-0.4, -0.2) is 26.6 Å². The van der Waals surface area contributed by atoms with E-state index >= 15 is 0 Å². The van der Waals surface area contributed by atoms with Gasteiger partial charge in [0.15, 0.2) is 11.1 Å². The predicted octanol–water partition coefficient (Wildman–Crippen LogP) is 2.12. The summed E-state index contributed by atoms with van der Waals surface area (Å²) in [5.74, 6) is -0.00699. The number of aliphatic hydroxyl groups is 1. The van der Waals surface area contributed by atoms with Crippen molar-refractivity contribution in [1.29, 1.82) is 0 Å². The quantitative estimate of drug-likeness (QED) is 0.725. The van der Waals surface area contributed by atoms with Gasteiger partial charge in [-0.05, 0) is 19.1 Å². The minimum Gasteiger partial charge on any atom is -0.506 e. The Hall–Kier alpha value is -1.46. The van der Waals surface area contributed by atoms with Crippen molar-refractivity contribution in [3.63, 3.8) is 0 Å². The van der Waals surface area contributed by atoms with Gasteiger partial charge in [0.05, 0.1) is 4.91 Å². The molecule has 1 atom stereocenters. The van der Waals surface area contributed by atoms with Crippen LogP contribution in [0.2, 0.25) is 0 Å². The molecule has 0 bridgehead atoms. The molecular formula is C11H13NO3S. The summed E-state index contributed by atoms with van der Waals surface area (Å²) in [6, 6.07) is 0. The fourth-order valence-electron chi connectivity index (χ4n) is 1.32. The molecule has 0 heterocycles. The van der Waals surface area contributed by atoms with Gasteiger partial charge in [0, 0.05) is 12.6 Å². The molecule has 0 saturated heterocycles. The van der Waals surface area contributed by atoms with Crippen LogP contribution >= 0.6 is 0 Å². The highest BCUT2D eigenvalue weighted by Gasteiger charge is 2.21. The van der Waals surface area contributed by atoms with Crippen molar-refractivity contribution in [2.45, 2.75) is 6.92 Å². The van der Waals surface area contributed by atoms with Crippen LogP contribution in [0.5, 0.6) is 0 Å². The van der Waals surface area contributed by atoms with Crippen LogP contribution in [0.15, 0.2) is 51.6 Å². The van der Waals surface area contributed by atoms with Gasteiger partial charge < -0.3 is 9.66 Å². The number of rotatable bonds is 2. The van der Waals surface area contributed by atoms with E-state index in [1.165, 1.54) is 19.2 Å². The molecule has 0 aromatic heterocycles. The average molecular weight is 239 g/mol. The van der Waals surface area contributed by atoms with E-state index in [9.17, 15) is 9.32 Å². The van der Waals surface area contributed by atoms with Crippen LogP contribution in [0.3, 0.4) is 0 Å². The zero-order chi connectivity index (χ0) is 12.1. The molecule has 0 aliphatic heterocycles. The minimum atomic E-state index is -2.10. The van der Waals surface area contributed by atoms with Gasteiger partial charge in [0.1, 0.15) is 11.5 Å². The highest BCUT2D eigenvalue weighted by Crippen LogP contribution is 2.23. The van der Waals surface area contributed by atoms with Gasteiger partial charge in [-0.3, -0.25) is 4.99 Å². The maximum absolute atomic E-state index is 11.1. The van der Waals surface area contributed by atoms with Crippen molar-refractivity contribution in [1.82, 2.24) is 0 Å². The summed E-state index contributed by atoms with van der Waals surface area (Å²) >= 11 is -2.10. The summed E-state index contributed by atoms with van der Waals surface area (Å²) in [5.41, 5.74) is 0.777. The summed E-state index contributed by atoms with van der Waals surface area (Å²) in [6.07, 6.45) is 7.92. The molecule has 1 unspecified atom stereocenters. The number of nitrogens with zero attached hydrogens (tertiary/aromatic N) is 1. The maximum Gasteiger partial charge on any atom is 0.187 e. The SMILES string of the molecule is C\C=C/C=C1/C(S(=O)O)=CC=C(O)/C1=N\C. The lowest BCUT2D eigenvalue weighted by molar-refractivity contribution is 0.443. The molecule has 5 heteroatoms. The van der Waals surface area contributed by atoms with Crippen molar-refractivity contribution < 1.29 is 13.9 Å². The molecule has 0 radical (unpaired) electrons. The first-order valence-corrected chi connectivity index (χ1v) is 5.75. The first kappa shape index (κ1) is 12.6. The number of hydrogen-bond donors (Lipinski definition) is 2. The normalized spacial score (nSPS) is 23.7. The van der Waals surface area contributed by atoms with Crippen molar-refractivity contribution >= 4 is 16.8 Å². The summed E-state index contributed by atoms with van der Waals surface area (Å²) in [5, 5.41) is 9.58. The lowest BCUT2D eigenvalue weighted by Crippen LogP contribution is -2.14. The molecule has 1 aliphatic carbocycles. The zero-order valence-electron chi connectivity index (χ0n) is 9.04. The van der Waals surface area contributed by atoms with Gasteiger partial charge in [0.25, 0.3) is 0 Å². The molecule has 2 N–H and O–H groups in total. The molecule has 0 saturated carbocycles. The Kier molecular flexibility index (Phi) is 4.39. The zero-order valence-corrected chi connectivity index (χ0v) is 9.86. The maximum atomic E-state index is 11.1. The average Bonchev–Trinajstić information content (AvgIpc) is 2.25. The molecule has 0 amide bonds. The molecule has 0 aromatic carbocycles. The number of aliphatic hydroxyl groups excluding tert-OH is 1. The van der Waals surface area contributed by atoms with E-state index in [-0.39, 0.29) is 10.7 Å². The Bertz CT molecular complexity index is 456. The Labute approximate surface area is 96.7 Å². The van der Waals surface area contributed by atoms with E-state index in [4.69, 9.17) is 4.55 Å². The van der Waals surface area contributed by atoms with Crippen LogP contribution in [0.1, 0.15) is 6.92 Å². The third-order valence-electron chi connectivity index (χ3n) is 2.02. The van der Waals surface area contributed by atoms with E-state index < -0.39 is 11.1 Å². The molecule has 4 nitrogen and oxygen atoms in total. The van der Waals surface area contributed by atoms with Gasteiger partial charge in [-0.2, -0.15) is 0 Å². The molecule has 1 rings (SSSR count). The third-order valence-corrected chi connectivity index (χ3v) is 2.76. The Morgan fingerprint density at radius 1 is 1.44 bits per heavy atom. The van der Waals surface area contributed by atoms with Gasteiger partial charge >= 0.3 is 0 Å². The van der Waals surface area contributed by atoms with Crippen molar-refractivity contribution in [3.05, 3.63) is 46.6 Å². The van der Waals surface area contributed by atoms with E-state index in [1.54, 1.807) is 18.2 Å². The van der Waals surface area contributed by atoms with Gasteiger partial charge in [-0.15, -0.1) is 0 Å². The lowest BCUT2D eigenvalue weighted by atomic mass is 10.0. The molecule has 0 fully saturated rings. The van der Waals surface area contributed by atoms with E-state index in [2.05, 4.69) is 4.99 Å². The van der Waals surface area contributed by atoms with Crippen LogP contribution < -0.4 is 0 Å². The second kappa shape index (κ2) is 5.58. The summed E-state index contributed by atoms with van der Waals surface area (Å²) in [4.78, 5) is 4.14. The fourth-order valence-corrected chi connectivity index (χ4v) is 1.86. The van der Waals surface area contributed by atoms with Crippen LogP contribution in [0.4, 0.5) is 0 Å². The van der Waals surface area contributed by atoms with Crippen LogP contribution in [0.25, 0.3) is 0 Å². The topological polar surface area (TPSA) is 69.9 Å². The monoisotopic (exact) mass is 239 g/mol. The van der Waals surface area contributed by atoms with E-state index in [0.29, 0.717) is 11.3 Å². The molecule has 0 aromatic rings. The van der Waals surface area contributed by atoms with Crippen molar-refractivity contribution in [3.8, 4) is 0 Å². The summed E-state index contributed by atoms with van der Waals surface area (Å²) < 4.78 is 20.2. The first-order chi connectivity index (χ1) is 7.61. The lowest BCUT2D eigenvalue weighted by Gasteiger charge is -2.14. The second-order valence-corrected chi connectivity index (χ2v) is 3.95. The van der Waals surface area contributed by atoms with Crippen LogP contribution in [0, 0.1) is 0 Å². The molecular weight excluding hydrogens is 226 g/mol. The van der Waals surface area contributed by atoms with E-state index in [0.717, 1.165) is 0 Å². The van der Waals surface area contributed by atoms with Gasteiger partial charge in [-0.25, -0.2) is 4.21 Å². The Morgan fingerprint density at radius 2 is 2.12 bits per heavy atom. The highest BCUT2D eigenvalue weighted by molar-refractivity contribution is 7.83. The molecule has 1 aliphatic rings. The van der Waals surface area contributed by atoms with E-state index in [1.807, 2.05) is 6.92 Å². The van der Waals surface area contributed by atoms with Crippen LogP contribution in [-0.2, 0) is 11.1 Å². The summed E-state index contributed by atoms with van der Waals surface area (Å²) in [7, 11) is 1.52. The minimum absolute atomic E-state index is 0.00699. The second-order valence-electron chi connectivity index (χ2n) is 3.01. The van der Waals surface area contributed by atoms with Gasteiger partial charge in [-0.1, -0.05) is 18.2 Å². The Morgan fingerprint density at radius 3 is 2.62 bits per heavy atom. The molecule has 0 spiro atoms. The number of allylic oxidation sites excluding steroid dienone is 7. The van der Waals surface area contributed by atoms with Gasteiger partial charge in [0.2, 0.25) is 0 Å². The predicted molar refractivity (Wildman–Crippen MR) is 65.8 cm³/mol. The standard InChI is InChI=1S/C11H13NO3S/c1-3-4-5-8-10(16(14)15)7-6-9(13)11(8)12-2/h3-7,13H,1-2H3,(H,14,15)/b4-3-,8-5-,12-11-. The smallest absolute Gasteiger partial charge is 0.187 e. The first-order valence-electron chi connectivity index (χ1n) is 4.64. The van der Waals surface area contributed by atoms with Crippen molar-refractivity contribution in [2.75, 3.05) is 7.05 Å². The largest absolute Gasteiger partial charge is 0.506 e. The molecule has 86 valence electrons. The highest BCUT2D eigenvalue weighted by atomic mass is 32.2. The fraction of sp³-hybridized carbons (Fsp3) is 0.182. The third kappa shape index (κ3) is 2.56. The Balaban J connectivity index is 3.32. The molecule has 16 heavy (non-hydrogen) atoms. The number of hydrogen-bond acceptors (Lipinski definition) is 3. The number of aliphatic imine (C=N–C) groups is 1. The van der Waals surface area contributed by atoms with Crippen molar-refractivity contribution in [2.24, 2.45) is 4.99 Å². The summed E-state index contributed by atoms with van der Waals surface area (Å²) in [6.45, 7) is 1.83.